The molecule has 2 aromatic rings. The van der Waals surface area contributed by atoms with E-state index < -0.39 is 32.4 Å². The maximum absolute atomic E-state index is 13.1. The third-order valence-corrected chi connectivity index (χ3v) is 7.18. The zero-order valence-electron chi connectivity index (χ0n) is 13.4. The standard InChI is InChI=1S/C18H17ClO5S/c1-24-11-18(17(20)21)15(12-6-5-7-13(19)10-12)16(18)25(22,23)14-8-3-2-4-9-14/h2-10,15-16H,11H2,1H3,(H,20,21)/t15-,16-,18+/m0/s1. The molecule has 0 spiro atoms. The predicted molar refractivity (Wildman–Crippen MR) is 93.6 cm³/mol. The lowest BCUT2D eigenvalue weighted by molar-refractivity contribution is -0.145. The Morgan fingerprint density at radius 1 is 1.20 bits per heavy atom. The molecule has 3 rings (SSSR count). The number of aliphatic carboxylic acids is 1. The Bertz CT molecular complexity index is 897. The van der Waals surface area contributed by atoms with Gasteiger partial charge in [0, 0.05) is 18.1 Å². The summed E-state index contributed by atoms with van der Waals surface area (Å²) in [4.78, 5) is 12.2. The third kappa shape index (κ3) is 2.84. The van der Waals surface area contributed by atoms with E-state index in [1.54, 1.807) is 42.5 Å². The topological polar surface area (TPSA) is 80.7 Å². The van der Waals surface area contributed by atoms with E-state index in [2.05, 4.69) is 0 Å². The minimum atomic E-state index is -3.85. The van der Waals surface area contributed by atoms with Crippen LogP contribution >= 0.6 is 11.6 Å². The number of carbonyl (C=O) groups is 1. The fourth-order valence-electron chi connectivity index (χ4n) is 3.52. The first-order chi connectivity index (χ1) is 11.9. The van der Waals surface area contributed by atoms with Gasteiger partial charge in [-0.15, -0.1) is 0 Å². The summed E-state index contributed by atoms with van der Waals surface area (Å²) in [5, 5.41) is 9.15. The summed E-state index contributed by atoms with van der Waals surface area (Å²) in [6, 6.07) is 14.5. The predicted octanol–water partition coefficient (Wildman–Crippen LogP) is 3.00. The maximum atomic E-state index is 13.1. The van der Waals surface area contributed by atoms with Gasteiger partial charge in [-0.05, 0) is 29.8 Å². The number of hydrogen-bond donors (Lipinski definition) is 1. The number of hydrogen-bond acceptors (Lipinski definition) is 4. The summed E-state index contributed by atoms with van der Waals surface area (Å²) in [7, 11) is -2.49. The number of halogens is 1. The van der Waals surface area contributed by atoms with Gasteiger partial charge in [0.05, 0.1) is 16.8 Å². The zero-order chi connectivity index (χ0) is 18.2. The van der Waals surface area contributed by atoms with Gasteiger partial charge < -0.3 is 9.84 Å². The molecule has 5 nitrogen and oxygen atoms in total. The van der Waals surface area contributed by atoms with E-state index in [9.17, 15) is 18.3 Å². The molecule has 1 aliphatic rings. The van der Waals surface area contributed by atoms with Gasteiger partial charge in [0.25, 0.3) is 0 Å². The quantitative estimate of drug-likeness (QED) is 0.833. The number of benzene rings is 2. The number of sulfone groups is 1. The molecule has 1 aliphatic carbocycles. The van der Waals surface area contributed by atoms with Gasteiger partial charge in [0.2, 0.25) is 0 Å². The average molecular weight is 381 g/mol. The van der Waals surface area contributed by atoms with Gasteiger partial charge in [-0.25, -0.2) is 8.42 Å². The molecule has 0 unspecified atom stereocenters. The van der Waals surface area contributed by atoms with Crippen molar-refractivity contribution in [3.05, 3.63) is 65.2 Å². The molecule has 0 radical (unpaired) electrons. The van der Waals surface area contributed by atoms with Crippen LogP contribution in [0.5, 0.6) is 0 Å². The van der Waals surface area contributed by atoms with Crippen molar-refractivity contribution in [3.8, 4) is 0 Å². The second-order valence-corrected chi connectivity index (χ2v) is 8.60. The monoisotopic (exact) mass is 380 g/mol. The zero-order valence-corrected chi connectivity index (χ0v) is 15.0. The molecule has 0 bridgehead atoms. The van der Waals surface area contributed by atoms with Gasteiger partial charge >= 0.3 is 5.97 Å². The van der Waals surface area contributed by atoms with Gasteiger partial charge in [0.1, 0.15) is 5.41 Å². The SMILES string of the molecule is COC[C@@]1(C(=O)O)[C@@H](c2cccc(Cl)c2)[C@@H]1S(=O)(=O)c1ccccc1. The van der Waals surface area contributed by atoms with Crippen molar-refractivity contribution in [2.75, 3.05) is 13.7 Å². The van der Waals surface area contributed by atoms with Crippen LogP contribution in [0.1, 0.15) is 11.5 Å². The van der Waals surface area contributed by atoms with Gasteiger partial charge in [-0.3, -0.25) is 4.79 Å². The Kier molecular flexibility index (Phi) is 4.62. The van der Waals surface area contributed by atoms with Crippen molar-refractivity contribution in [3.63, 3.8) is 0 Å². The number of methoxy groups -OCH3 is 1. The molecule has 7 heteroatoms. The van der Waals surface area contributed by atoms with Crippen LogP contribution < -0.4 is 0 Å². The van der Waals surface area contributed by atoms with E-state index in [0.29, 0.717) is 10.6 Å². The van der Waals surface area contributed by atoms with E-state index in [4.69, 9.17) is 16.3 Å². The summed E-state index contributed by atoms with van der Waals surface area (Å²) < 4.78 is 31.3. The van der Waals surface area contributed by atoms with Crippen LogP contribution in [0.4, 0.5) is 0 Å². The maximum Gasteiger partial charge on any atom is 0.314 e. The lowest BCUT2D eigenvalue weighted by atomic mass is 10.00. The van der Waals surface area contributed by atoms with Gasteiger partial charge in [-0.1, -0.05) is 41.9 Å². The van der Waals surface area contributed by atoms with Crippen molar-refractivity contribution in [2.24, 2.45) is 5.41 Å². The number of carboxylic acids is 1. The van der Waals surface area contributed by atoms with Crippen molar-refractivity contribution in [2.45, 2.75) is 16.1 Å². The first-order valence-corrected chi connectivity index (χ1v) is 9.55. The summed E-state index contributed by atoms with van der Waals surface area (Å²) in [6.45, 7) is -0.198. The van der Waals surface area contributed by atoms with E-state index >= 15 is 0 Å². The molecule has 25 heavy (non-hydrogen) atoms. The van der Waals surface area contributed by atoms with Gasteiger partial charge in [0.15, 0.2) is 9.84 Å². The molecule has 0 aromatic heterocycles. The number of rotatable bonds is 6. The van der Waals surface area contributed by atoms with Crippen LogP contribution in [-0.4, -0.2) is 38.5 Å². The van der Waals surface area contributed by atoms with E-state index in [-0.39, 0.29) is 11.5 Å². The van der Waals surface area contributed by atoms with Crippen molar-refractivity contribution in [1.29, 1.82) is 0 Å². The first kappa shape index (κ1) is 17.9. The molecule has 132 valence electrons. The third-order valence-electron chi connectivity index (χ3n) is 4.65. The number of carboxylic acid groups (broad SMARTS) is 1. The minimum Gasteiger partial charge on any atom is -0.481 e. The molecule has 3 atom stereocenters. The first-order valence-electron chi connectivity index (χ1n) is 7.62. The summed E-state index contributed by atoms with van der Waals surface area (Å²) >= 11 is 6.02. The molecule has 0 heterocycles. The molecule has 0 amide bonds. The highest BCUT2D eigenvalue weighted by atomic mass is 35.5. The summed E-state index contributed by atoms with van der Waals surface area (Å²) in [6.07, 6.45) is 0. The van der Waals surface area contributed by atoms with Crippen LogP contribution in [0, 0.1) is 5.41 Å². The smallest absolute Gasteiger partial charge is 0.314 e. The lowest BCUT2D eigenvalue weighted by Gasteiger charge is -2.12. The highest BCUT2D eigenvalue weighted by molar-refractivity contribution is 7.92. The molecular weight excluding hydrogens is 364 g/mol. The van der Waals surface area contributed by atoms with E-state index in [1.807, 2.05) is 0 Å². The Balaban J connectivity index is 2.14. The molecule has 0 saturated heterocycles. The van der Waals surface area contributed by atoms with Crippen LogP contribution in [-0.2, 0) is 19.4 Å². The normalized spacial score (nSPS) is 25.5. The Hall–Kier alpha value is -1.89. The van der Waals surface area contributed by atoms with Crippen molar-refractivity contribution < 1.29 is 23.1 Å². The Morgan fingerprint density at radius 3 is 2.44 bits per heavy atom. The Morgan fingerprint density at radius 2 is 1.88 bits per heavy atom. The van der Waals surface area contributed by atoms with Crippen LogP contribution in [0.15, 0.2) is 59.5 Å². The van der Waals surface area contributed by atoms with Crippen LogP contribution in [0.25, 0.3) is 0 Å². The minimum absolute atomic E-state index is 0.103. The fraction of sp³-hybridized carbons (Fsp3) is 0.278. The molecule has 1 fully saturated rings. The summed E-state index contributed by atoms with van der Waals surface area (Å²) in [5.74, 6) is -1.92. The number of ether oxygens (including phenoxy) is 1. The molecule has 2 aromatic carbocycles. The van der Waals surface area contributed by atoms with Crippen LogP contribution in [0.2, 0.25) is 5.02 Å². The van der Waals surface area contributed by atoms with Crippen LogP contribution in [0.3, 0.4) is 0 Å². The molecule has 1 N–H and O–H groups in total. The molecule has 0 aliphatic heterocycles. The molecule has 1 saturated carbocycles. The summed E-state index contributed by atoms with van der Waals surface area (Å²) in [5.41, 5.74) is -0.954. The second-order valence-electron chi connectivity index (χ2n) is 6.09. The van der Waals surface area contributed by atoms with Crippen molar-refractivity contribution >= 4 is 27.4 Å². The van der Waals surface area contributed by atoms with E-state index in [1.165, 1.54) is 19.2 Å². The Labute approximate surface area is 151 Å². The highest BCUT2D eigenvalue weighted by Crippen LogP contribution is 2.64. The molecular formula is C18H17ClO5S. The fourth-order valence-corrected chi connectivity index (χ4v) is 6.09. The largest absolute Gasteiger partial charge is 0.481 e. The van der Waals surface area contributed by atoms with Gasteiger partial charge in [-0.2, -0.15) is 0 Å². The van der Waals surface area contributed by atoms with E-state index in [0.717, 1.165) is 0 Å². The lowest BCUT2D eigenvalue weighted by Crippen LogP contribution is -2.28. The van der Waals surface area contributed by atoms with Crippen molar-refractivity contribution in [1.82, 2.24) is 0 Å². The highest BCUT2D eigenvalue weighted by Gasteiger charge is 2.76. The average Bonchev–Trinajstić information content (AvgIpc) is 3.27. The second kappa shape index (κ2) is 6.44.